The molecule has 0 aliphatic rings. The van der Waals surface area contributed by atoms with Crippen molar-refractivity contribution in [3.8, 4) is 0 Å². The second-order valence-corrected chi connectivity index (χ2v) is 4.31. The molecule has 0 saturated heterocycles. The van der Waals surface area contributed by atoms with Gasteiger partial charge in [0.2, 0.25) is 0 Å². The first-order valence-electron chi connectivity index (χ1n) is 4.82. The summed E-state index contributed by atoms with van der Waals surface area (Å²) in [6.45, 7) is 2.06. The van der Waals surface area contributed by atoms with Crippen LogP contribution in [0, 0.1) is 6.92 Å². The van der Waals surface area contributed by atoms with E-state index in [1.54, 1.807) is 0 Å². The van der Waals surface area contributed by atoms with Crippen molar-refractivity contribution in [1.82, 2.24) is 4.98 Å². The number of alkyl halides is 1. The predicted octanol–water partition coefficient (Wildman–Crippen LogP) is 3.98. The largest absolute Gasteiger partial charge is 0.236 e. The van der Waals surface area contributed by atoms with Crippen LogP contribution in [0.5, 0.6) is 0 Å². The van der Waals surface area contributed by atoms with E-state index >= 15 is 0 Å². The minimum atomic E-state index is 0.562. The number of aryl methyl sites for hydroxylation is 2. The molecule has 0 atom stereocenters. The lowest BCUT2D eigenvalue weighted by molar-refractivity contribution is 1.13. The monoisotopic (exact) mass is 239 g/mol. The van der Waals surface area contributed by atoms with E-state index in [9.17, 15) is 0 Å². The molecule has 3 heteroatoms. The number of fused-ring (bicyclic) bond motifs is 1. The fourth-order valence-corrected chi connectivity index (χ4v) is 2.04. The molecular weight excluding hydrogens is 229 g/mol. The maximum absolute atomic E-state index is 6.05. The third kappa shape index (κ3) is 2.24. The molecule has 2 aromatic rings. The normalized spacial score (nSPS) is 10.9. The van der Waals surface area contributed by atoms with Crippen LogP contribution in [0.15, 0.2) is 24.3 Å². The molecule has 0 radical (unpaired) electrons. The van der Waals surface area contributed by atoms with Crippen molar-refractivity contribution in [3.05, 3.63) is 40.5 Å². The van der Waals surface area contributed by atoms with Crippen molar-refractivity contribution in [2.45, 2.75) is 13.3 Å². The highest BCUT2D eigenvalue weighted by atomic mass is 35.5. The van der Waals surface area contributed by atoms with E-state index < -0.39 is 0 Å². The zero-order valence-corrected chi connectivity index (χ0v) is 9.94. The van der Waals surface area contributed by atoms with Crippen LogP contribution in [0.25, 0.3) is 10.9 Å². The molecule has 0 N–H and O–H groups in total. The van der Waals surface area contributed by atoms with Gasteiger partial charge >= 0.3 is 0 Å². The minimum absolute atomic E-state index is 0.562. The van der Waals surface area contributed by atoms with Crippen LogP contribution < -0.4 is 0 Å². The zero-order chi connectivity index (χ0) is 10.8. The van der Waals surface area contributed by atoms with Gasteiger partial charge < -0.3 is 0 Å². The van der Waals surface area contributed by atoms with Crippen molar-refractivity contribution in [2.24, 2.45) is 0 Å². The van der Waals surface area contributed by atoms with E-state index in [1.165, 1.54) is 5.56 Å². The van der Waals surface area contributed by atoms with Gasteiger partial charge in [-0.2, -0.15) is 0 Å². The number of nitrogens with zero attached hydrogens (tertiary/aromatic N) is 1. The molecule has 0 aliphatic carbocycles. The SMILES string of the molecule is Cc1ccc2nc(Cl)c(CCCl)cc2c1. The van der Waals surface area contributed by atoms with E-state index in [4.69, 9.17) is 23.2 Å². The second kappa shape index (κ2) is 4.38. The summed E-state index contributed by atoms with van der Waals surface area (Å²) in [4.78, 5) is 4.34. The molecule has 0 spiro atoms. The van der Waals surface area contributed by atoms with Crippen LogP contribution in [-0.2, 0) is 6.42 Å². The highest BCUT2D eigenvalue weighted by molar-refractivity contribution is 6.30. The molecule has 1 heterocycles. The molecule has 15 heavy (non-hydrogen) atoms. The van der Waals surface area contributed by atoms with Gasteiger partial charge in [-0.1, -0.05) is 23.2 Å². The predicted molar refractivity (Wildman–Crippen MR) is 65.9 cm³/mol. The summed E-state index contributed by atoms with van der Waals surface area (Å²) in [6, 6.07) is 8.20. The Morgan fingerprint density at radius 1 is 1.27 bits per heavy atom. The minimum Gasteiger partial charge on any atom is -0.236 e. The summed E-state index contributed by atoms with van der Waals surface area (Å²) in [5.74, 6) is 0.568. The van der Waals surface area contributed by atoms with E-state index in [1.807, 2.05) is 12.1 Å². The van der Waals surface area contributed by atoms with Gasteiger partial charge in [0.05, 0.1) is 5.52 Å². The lowest BCUT2D eigenvalue weighted by Crippen LogP contribution is -1.92. The molecule has 1 aromatic heterocycles. The maximum atomic E-state index is 6.05. The molecule has 0 bridgehead atoms. The van der Waals surface area contributed by atoms with Gasteiger partial charge in [0, 0.05) is 11.3 Å². The van der Waals surface area contributed by atoms with Crippen LogP contribution in [0.2, 0.25) is 5.15 Å². The van der Waals surface area contributed by atoms with Crippen molar-refractivity contribution in [1.29, 1.82) is 0 Å². The van der Waals surface area contributed by atoms with E-state index in [2.05, 4.69) is 24.0 Å². The standard InChI is InChI=1S/C12H11Cl2N/c1-8-2-3-11-10(6-8)7-9(4-5-13)12(14)15-11/h2-3,6-7H,4-5H2,1H3. The fourth-order valence-electron chi connectivity index (χ4n) is 1.59. The summed E-state index contributed by atoms with van der Waals surface area (Å²) < 4.78 is 0. The first-order chi connectivity index (χ1) is 7.20. The van der Waals surface area contributed by atoms with Gasteiger partial charge in [0.25, 0.3) is 0 Å². The average Bonchev–Trinajstić information content (AvgIpc) is 2.20. The Balaban J connectivity index is 2.61. The number of halogens is 2. The summed E-state index contributed by atoms with van der Waals surface area (Å²) in [6.07, 6.45) is 0.761. The fraction of sp³-hybridized carbons (Fsp3) is 0.250. The van der Waals surface area contributed by atoms with Gasteiger partial charge in [-0.15, -0.1) is 11.6 Å². The number of aromatic nitrogens is 1. The number of rotatable bonds is 2. The number of hydrogen-bond acceptors (Lipinski definition) is 1. The maximum Gasteiger partial charge on any atom is 0.133 e. The van der Waals surface area contributed by atoms with Crippen molar-refractivity contribution in [2.75, 3.05) is 5.88 Å². The van der Waals surface area contributed by atoms with Crippen LogP contribution >= 0.6 is 23.2 Å². The van der Waals surface area contributed by atoms with E-state index in [-0.39, 0.29) is 0 Å². The van der Waals surface area contributed by atoms with E-state index in [0.717, 1.165) is 22.9 Å². The number of pyridine rings is 1. The molecule has 0 aliphatic heterocycles. The van der Waals surface area contributed by atoms with Gasteiger partial charge in [-0.05, 0) is 37.1 Å². The molecule has 1 aromatic carbocycles. The molecule has 78 valence electrons. The average molecular weight is 240 g/mol. The van der Waals surface area contributed by atoms with Gasteiger partial charge in [-0.25, -0.2) is 4.98 Å². The second-order valence-electron chi connectivity index (χ2n) is 3.57. The van der Waals surface area contributed by atoms with Crippen LogP contribution in [0.1, 0.15) is 11.1 Å². The highest BCUT2D eigenvalue weighted by Crippen LogP contribution is 2.22. The molecular formula is C12H11Cl2N. The molecule has 0 amide bonds. The lowest BCUT2D eigenvalue weighted by Gasteiger charge is -2.04. The van der Waals surface area contributed by atoms with Crippen molar-refractivity contribution in [3.63, 3.8) is 0 Å². The molecule has 0 unspecified atom stereocenters. The van der Waals surface area contributed by atoms with Crippen molar-refractivity contribution < 1.29 is 0 Å². The Morgan fingerprint density at radius 2 is 2.07 bits per heavy atom. The Bertz CT molecular complexity index is 494. The Kier molecular flexibility index (Phi) is 3.13. The number of benzene rings is 1. The third-order valence-corrected chi connectivity index (χ3v) is 2.88. The lowest BCUT2D eigenvalue weighted by atomic mass is 10.1. The summed E-state index contributed by atoms with van der Waals surface area (Å²) in [5, 5.41) is 1.69. The molecule has 0 fully saturated rings. The Morgan fingerprint density at radius 3 is 2.80 bits per heavy atom. The topological polar surface area (TPSA) is 12.9 Å². The first-order valence-corrected chi connectivity index (χ1v) is 5.73. The Hall–Kier alpha value is -0.790. The molecule has 2 rings (SSSR count). The summed E-state index contributed by atoms with van der Waals surface area (Å²) >= 11 is 11.8. The van der Waals surface area contributed by atoms with Crippen LogP contribution in [-0.4, -0.2) is 10.9 Å². The van der Waals surface area contributed by atoms with Gasteiger partial charge in [0.15, 0.2) is 0 Å². The Labute approximate surface area is 99.0 Å². The summed E-state index contributed by atoms with van der Waals surface area (Å²) in [5.41, 5.74) is 3.18. The third-order valence-electron chi connectivity index (χ3n) is 2.36. The van der Waals surface area contributed by atoms with Gasteiger partial charge in [0.1, 0.15) is 5.15 Å². The van der Waals surface area contributed by atoms with Crippen molar-refractivity contribution >= 4 is 34.1 Å². The number of hydrogen-bond donors (Lipinski definition) is 0. The highest BCUT2D eigenvalue weighted by Gasteiger charge is 2.04. The van der Waals surface area contributed by atoms with Crippen LogP contribution in [0.4, 0.5) is 0 Å². The zero-order valence-electron chi connectivity index (χ0n) is 8.43. The van der Waals surface area contributed by atoms with Crippen LogP contribution in [0.3, 0.4) is 0 Å². The summed E-state index contributed by atoms with van der Waals surface area (Å²) in [7, 11) is 0. The van der Waals surface area contributed by atoms with Gasteiger partial charge in [-0.3, -0.25) is 0 Å². The molecule has 1 nitrogen and oxygen atoms in total. The first kappa shape index (κ1) is 10.7. The smallest absolute Gasteiger partial charge is 0.133 e. The molecule has 0 saturated carbocycles. The van der Waals surface area contributed by atoms with E-state index in [0.29, 0.717) is 11.0 Å². The quantitative estimate of drug-likeness (QED) is 0.571.